The van der Waals surface area contributed by atoms with Gasteiger partial charge in [-0.25, -0.2) is 0 Å². The second-order valence-corrected chi connectivity index (χ2v) is 7.34. The molecule has 0 bridgehead atoms. The van der Waals surface area contributed by atoms with Gasteiger partial charge in [-0.2, -0.15) is 0 Å². The molecule has 0 aliphatic carbocycles. The third-order valence-electron chi connectivity index (χ3n) is 4.39. The number of hydrogen-bond donors (Lipinski definition) is 1. The van der Waals surface area contributed by atoms with Crippen molar-refractivity contribution in [1.82, 2.24) is 10.2 Å². The topological polar surface area (TPSA) is 32.3 Å². The van der Waals surface area contributed by atoms with Gasteiger partial charge >= 0.3 is 0 Å². The van der Waals surface area contributed by atoms with Crippen molar-refractivity contribution in [3.63, 3.8) is 0 Å². The summed E-state index contributed by atoms with van der Waals surface area (Å²) in [4.78, 5) is 17.3. The Hall–Kier alpha value is -1.78. The largest absolute Gasteiger partial charge is 0.338 e. The number of piperidine rings is 1. The molecule has 0 saturated carbocycles. The molecule has 24 heavy (non-hydrogen) atoms. The first-order valence-electron chi connectivity index (χ1n) is 8.53. The second-order valence-electron chi connectivity index (χ2n) is 6.23. The van der Waals surface area contributed by atoms with E-state index in [9.17, 15) is 4.79 Å². The summed E-state index contributed by atoms with van der Waals surface area (Å²) >= 11 is 1.66. The number of hydrogen-bond acceptors (Lipinski definition) is 3. The monoisotopic (exact) mass is 340 g/mol. The lowest BCUT2D eigenvalue weighted by Gasteiger charge is -2.33. The van der Waals surface area contributed by atoms with Crippen LogP contribution in [0.1, 0.15) is 23.2 Å². The molecule has 3 rings (SSSR count). The van der Waals surface area contributed by atoms with Crippen molar-refractivity contribution in [2.75, 3.05) is 26.7 Å². The number of benzene rings is 2. The van der Waals surface area contributed by atoms with Crippen LogP contribution in [-0.4, -0.2) is 37.5 Å². The first kappa shape index (κ1) is 17.1. The highest BCUT2D eigenvalue weighted by atomic mass is 32.2. The Labute approximate surface area is 148 Å². The lowest BCUT2D eigenvalue weighted by molar-refractivity contribution is 0.0671. The molecule has 2 aromatic carbocycles. The van der Waals surface area contributed by atoms with E-state index < -0.39 is 0 Å². The van der Waals surface area contributed by atoms with Crippen LogP contribution in [0, 0.1) is 5.92 Å². The van der Waals surface area contributed by atoms with Crippen LogP contribution in [-0.2, 0) is 0 Å². The summed E-state index contributed by atoms with van der Waals surface area (Å²) in [6.45, 7) is 2.69. The molecule has 3 nitrogen and oxygen atoms in total. The molecule has 1 N–H and O–H groups in total. The van der Waals surface area contributed by atoms with E-state index in [0.29, 0.717) is 5.92 Å². The molecule has 1 amide bonds. The van der Waals surface area contributed by atoms with Crippen LogP contribution >= 0.6 is 11.8 Å². The summed E-state index contributed by atoms with van der Waals surface area (Å²) in [7, 11) is 1.98. The summed E-state index contributed by atoms with van der Waals surface area (Å²) in [5.74, 6) is 0.719. The summed E-state index contributed by atoms with van der Waals surface area (Å²) in [5.41, 5.74) is 0.816. The Kier molecular flexibility index (Phi) is 5.94. The highest BCUT2D eigenvalue weighted by Crippen LogP contribution is 2.31. The fourth-order valence-electron chi connectivity index (χ4n) is 3.22. The molecule has 0 aromatic heterocycles. The van der Waals surface area contributed by atoms with Crippen molar-refractivity contribution < 1.29 is 4.79 Å². The van der Waals surface area contributed by atoms with E-state index in [1.807, 2.05) is 54.4 Å². The maximum absolute atomic E-state index is 13.1. The molecule has 1 unspecified atom stereocenters. The number of rotatable bonds is 5. The van der Waals surface area contributed by atoms with Gasteiger partial charge in [0.05, 0.1) is 5.56 Å². The van der Waals surface area contributed by atoms with E-state index in [1.54, 1.807) is 11.8 Å². The van der Waals surface area contributed by atoms with E-state index in [-0.39, 0.29) is 5.91 Å². The van der Waals surface area contributed by atoms with Gasteiger partial charge in [0.2, 0.25) is 0 Å². The Morgan fingerprint density at radius 2 is 1.92 bits per heavy atom. The molecular formula is C20H24N2OS. The van der Waals surface area contributed by atoms with Gasteiger partial charge < -0.3 is 10.2 Å². The summed E-state index contributed by atoms with van der Waals surface area (Å²) in [5, 5.41) is 3.24. The van der Waals surface area contributed by atoms with Gasteiger partial charge in [-0.15, -0.1) is 0 Å². The van der Waals surface area contributed by atoms with Crippen LogP contribution in [0.2, 0.25) is 0 Å². The van der Waals surface area contributed by atoms with E-state index in [0.717, 1.165) is 41.4 Å². The van der Waals surface area contributed by atoms with E-state index in [4.69, 9.17) is 0 Å². The van der Waals surface area contributed by atoms with E-state index in [2.05, 4.69) is 17.4 Å². The Morgan fingerprint density at radius 3 is 2.71 bits per heavy atom. The van der Waals surface area contributed by atoms with Crippen LogP contribution in [0.15, 0.2) is 64.4 Å². The maximum atomic E-state index is 13.1. The van der Waals surface area contributed by atoms with E-state index in [1.165, 1.54) is 6.42 Å². The van der Waals surface area contributed by atoms with Crippen molar-refractivity contribution in [3.8, 4) is 0 Å². The Morgan fingerprint density at radius 1 is 1.17 bits per heavy atom. The molecule has 126 valence electrons. The van der Waals surface area contributed by atoms with Crippen molar-refractivity contribution in [1.29, 1.82) is 0 Å². The second kappa shape index (κ2) is 8.36. The quantitative estimate of drug-likeness (QED) is 0.896. The molecule has 2 aromatic rings. The minimum Gasteiger partial charge on any atom is -0.338 e. The minimum absolute atomic E-state index is 0.162. The molecule has 1 aliphatic rings. The van der Waals surface area contributed by atoms with Crippen molar-refractivity contribution >= 4 is 17.7 Å². The zero-order valence-electron chi connectivity index (χ0n) is 14.1. The highest BCUT2D eigenvalue weighted by Gasteiger charge is 2.25. The average molecular weight is 340 g/mol. The average Bonchev–Trinajstić information content (AvgIpc) is 2.63. The number of likely N-dealkylation sites (tertiary alicyclic amines) is 1. The fourth-order valence-corrected chi connectivity index (χ4v) is 4.18. The van der Waals surface area contributed by atoms with Gasteiger partial charge in [0.15, 0.2) is 0 Å². The third-order valence-corrected chi connectivity index (χ3v) is 5.47. The smallest absolute Gasteiger partial charge is 0.255 e. The van der Waals surface area contributed by atoms with Crippen LogP contribution in [0.25, 0.3) is 0 Å². The van der Waals surface area contributed by atoms with Gasteiger partial charge in [-0.05, 0) is 56.6 Å². The molecule has 1 atom stereocenters. The highest BCUT2D eigenvalue weighted by molar-refractivity contribution is 7.99. The number of carbonyl (C=O) groups excluding carboxylic acids is 1. The van der Waals surface area contributed by atoms with Crippen LogP contribution < -0.4 is 5.32 Å². The number of amides is 1. The van der Waals surface area contributed by atoms with Crippen LogP contribution in [0.3, 0.4) is 0 Å². The molecule has 0 spiro atoms. The molecule has 4 heteroatoms. The molecule has 0 radical (unpaired) electrons. The van der Waals surface area contributed by atoms with Gasteiger partial charge in [0, 0.05) is 22.9 Å². The first-order valence-corrected chi connectivity index (χ1v) is 9.35. The summed E-state index contributed by atoms with van der Waals surface area (Å²) in [6.07, 6.45) is 2.29. The predicted molar refractivity (Wildman–Crippen MR) is 99.6 cm³/mol. The Balaban J connectivity index is 1.77. The predicted octanol–water partition coefficient (Wildman–Crippen LogP) is 3.91. The molecular weight excluding hydrogens is 316 g/mol. The van der Waals surface area contributed by atoms with Gasteiger partial charge in [-0.3, -0.25) is 4.79 Å². The fraction of sp³-hybridized carbons (Fsp3) is 0.350. The molecule has 1 heterocycles. The SMILES string of the molecule is CNCC1CCCN(C(=O)c2ccccc2Sc2ccccc2)C1. The molecule has 1 aliphatic heterocycles. The number of nitrogens with one attached hydrogen (secondary N) is 1. The maximum Gasteiger partial charge on any atom is 0.255 e. The van der Waals surface area contributed by atoms with E-state index >= 15 is 0 Å². The third kappa shape index (κ3) is 4.19. The lowest BCUT2D eigenvalue weighted by Crippen LogP contribution is -2.42. The van der Waals surface area contributed by atoms with Crippen molar-refractivity contribution in [2.45, 2.75) is 22.6 Å². The van der Waals surface area contributed by atoms with Crippen LogP contribution in [0.4, 0.5) is 0 Å². The van der Waals surface area contributed by atoms with Crippen molar-refractivity contribution in [2.24, 2.45) is 5.92 Å². The standard InChI is InChI=1S/C20H24N2OS/c1-21-14-16-8-7-13-22(15-16)20(23)18-11-5-6-12-19(18)24-17-9-3-2-4-10-17/h2-6,9-12,16,21H,7-8,13-15H2,1H3. The van der Waals surface area contributed by atoms with Crippen LogP contribution in [0.5, 0.6) is 0 Å². The van der Waals surface area contributed by atoms with Gasteiger partial charge in [-0.1, -0.05) is 42.1 Å². The first-order chi connectivity index (χ1) is 11.8. The number of carbonyl (C=O) groups is 1. The summed E-state index contributed by atoms with van der Waals surface area (Å²) in [6, 6.07) is 18.2. The Bertz CT molecular complexity index is 672. The van der Waals surface area contributed by atoms with Crippen molar-refractivity contribution in [3.05, 3.63) is 60.2 Å². The zero-order valence-corrected chi connectivity index (χ0v) is 14.9. The van der Waals surface area contributed by atoms with Gasteiger partial charge in [0.25, 0.3) is 5.91 Å². The zero-order chi connectivity index (χ0) is 16.8. The summed E-state index contributed by atoms with van der Waals surface area (Å²) < 4.78 is 0. The normalized spacial score (nSPS) is 17.7. The molecule has 1 fully saturated rings. The van der Waals surface area contributed by atoms with Gasteiger partial charge in [0.1, 0.15) is 0 Å². The molecule has 1 saturated heterocycles. The number of nitrogens with zero attached hydrogens (tertiary/aromatic N) is 1. The minimum atomic E-state index is 0.162. The lowest BCUT2D eigenvalue weighted by atomic mass is 9.97.